The van der Waals surface area contributed by atoms with Crippen molar-refractivity contribution in [3.05, 3.63) is 63.6 Å². The first kappa shape index (κ1) is 15.0. The van der Waals surface area contributed by atoms with Crippen molar-refractivity contribution >= 4 is 15.9 Å². The topological polar surface area (TPSA) is 24.9 Å². The van der Waals surface area contributed by atoms with Crippen LogP contribution < -0.4 is 5.32 Å². The number of hydrogen-bond donors (Lipinski definition) is 1. The van der Waals surface area contributed by atoms with E-state index < -0.39 is 23.5 Å². The Morgan fingerprint density at radius 1 is 1.20 bits per heavy atom. The van der Waals surface area contributed by atoms with Crippen molar-refractivity contribution in [1.29, 1.82) is 0 Å². The lowest BCUT2D eigenvalue weighted by Crippen LogP contribution is -2.25. The predicted molar refractivity (Wildman–Crippen MR) is 73.8 cm³/mol. The third-order valence-corrected chi connectivity index (χ3v) is 3.50. The van der Waals surface area contributed by atoms with Gasteiger partial charge in [-0.3, -0.25) is 4.98 Å². The standard InChI is InChI=1S/C14H12BrF3N2/c1-2-20-14(8-5-6-19-7-11(8)17)12-10(16)4-3-9(15)13(12)18/h3-7,14,20H,2H2,1H3. The third kappa shape index (κ3) is 2.86. The molecule has 2 nitrogen and oxygen atoms in total. The first-order valence-electron chi connectivity index (χ1n) is 6.02. The van der Waals surface area contributed by atoms with Crippen LogP contribution in [0.1, 0.15) is 24.1 Å². The minimum Gasteiger partial charge on any atom is -0.306 e. The van der Waals surface area contributed by atoms with Crippen LogP contribution in [-0.2, 0) is 0 Å². The van der Waals surface area contributed by atoms with Crippen molar-refractivity contribution in [2.75, 3.05) is 6.54 Å². The summed E-state index contributed by atoms with van der Waals surface area (Å²) in [6.45, 7) is 2.21. The number of halogens is 4. The first-order valence-corrected chi connectivity index (χ1v) is 6.81. The van der Waals surface area contributed by atoms with Gasteiger partial charge in [0.05, 0.1) is 16.7 Å². The Kier molecular flexibility index (Phi) is 4.77. The zero-order valence-electron chi connectivity index (χ0n) is 10.6. The van der Waals surface area contributed by atoms with Crippen LogP contribution in [0.2, 0.25) is 0 Å². The van der Waals surface area contributed by atoms with E-state index in [-0.39, 0.29) is 15.6 Å². The molecule has 1 N–H and O–H groups in total. The van der Waals surface area contributed by atoms with Gasteiger partial charge >= 0.3 is 0 Å². The number of nitrogens with one attached hydrogen (secondary N) is 1. The lowest BCUT2D eigenvalue weighted by atomic mass is 9.98. The molecule has 0 amide bonds. The molecular formula is C14H12BrF3N2. The Balaban J connectivity index is 2.61. The molecule has 1 aromatic carbocycles. The Morgan fingerprint density at radius 3 is 2.60 bits per heavy atom. The van der Waals surface area contributed by atoms with Crippen LogP contribution in [0.25, 0.3) is 0 Å². The molecule has 0 saturated carbocycles. The number of aromatic nitrogens is 1. The van der Waals surface area contributed by atoms with Gasteiger partial charge in [0, 0.05) is 17.3 Å². The van der Waals surface area contributed by atoms with Crippen LogP contribution in [0, 0.1) is 17.5 Å². The van der Waals surface area contributed by atoms with Crippen molar-refractivity contribution < 1.29 is 13.2 Å². The summed E-state index contributed by atoms with van der Waals surface area (Å²) in [7, 11) is 0. The molecule has 1 heterocycles. The Labute approximate surface area is 123 Å². The van der Waals surface area contributed by atoms with Crippen molar-refractivity contribution in [2.45, 2.75) is 13.0 Å². The minimum absolute atomic E-state index is 0.131. The quantitative estimate of drug-likeness (QED) is 0.849. The van der Waals surface area contributed by atoms with Gasteiger partial charge in [-0.2, -0.15) is 0 Å². The molecule has 0 fully saturated rings. The van der Waals surface area contributed by atoms with E-state index >= 15 is 0 Å². The molecule has 0 aliphatic rings. The molecule has 0 saturated heterocycles. The van der Waals surface area contributed by atoms with Gasteiger partial charge in [0.2, 0.25) is 0 Å². The maximum absolute atomic E-state index is 14.2. The van der Waals surface area contributed by atoms with E-state index in [0.717, 1.165) is 12.3 Å². The number of nitrogens with zero attached hydrogens (tertiary/aromatic N) is 1. The second-order valence-corrected chi connectivity index (χ2v) is 5.00. The van der Waals surface area contributed by atoms with Crippen LogP contribution in [0.3, 0.4) is 0 Å². The SMILES string of the molecule is CCNC(c1ccncc1F)c1c(F)ccc(Br)c1F. The maximum atomic E-state index is 14.2. The van der Waals surface area contributed by atoms with Gasteiger partial charge in [-0.15, -0.1) is 0 Å². The highest BCUT2D eigenvalue weighted by atomic mass is 79.9. The molecule has 106 valence electrons. The zero-order chi connectivity index (χ0) is 14.7. The Morgan fingerprint density at radius 2 is 1.95 bits per heavy atom. The zero-order valence-corrected chi connectivity index (χ0v) is 12.2. The summed E-state index contributed by atoms with van der Waals surface area (Å²) in [4.78, 5) is 3.64. The number of hydrogen-bond acceptors (Lipinski definition) is 2. The largest absolute Gasteiger partial charge is 0.306 e. The van der Waals surface area contributed by atoms with E-state index in [9.17, 15) is 13.2 Å². The van der Waals surface area contributed by atoms with E-state index in [1.807, 2.05) is 0 Å². The van der Waals surface area contributed by atoms with Gasteiger partial charge in [-0.05, 0) is 40.7 Å². The second kappa shape index (κ2) is 6.37. The summed E-state index contributed by atoms with van der Waals surface area (Å²) in [5.41, 5.74) is -0.0657. The molecule has 2 rings (SSSR count). The van der Waals surface area contributed by atoms with Gasteiger partial charge in [-0.1, -0.05) is 6.92 Å². The highest BCUT2D eigenvalue weighted by molar-refractivity contribution is 9.10. The van der Waals surface area contributed by atoms with E-state index in [1.165, 1.54) is 18.3 Å². The molecule has 0 bridgehead atoms. The summed E-state index contributed by atoms with van der Waals surface area (Å²) in [5.74, 6) is -2.09. The molecule has 6 heteroatoms. The van der Waals surface area contributed by atoms with Crippen molar-refractivity contribution in [1.82, 2.24) is 10.3 Å². The fourth-order valence-corrected chi connectivity index (χ4v) is 2.34. The molecule has 0 spiro atoms. The fraction of sp³-hybridized carbons (Fsp3) is 0.214. The molecule has 0 radical (unpaired) electrons. The van der Waals surface area contributed by atoms with Crippen molar-refractivity contribution in [3.63, 3.8) is 0 Å². The smallest absolute Gasteiger partial charge is 0.146 e. The normalized spacial score (nSPS) is 12.4. The van der Waals surface area contributed by atoms with Crippen LogP contribution >= 0.6 is 15.9 Å². The molecule has 1 aromatic heterocycles. The minimum atomic E-state index is -0.916. The molecule has 20 heavy (non-hydrogen) atoms. The van der Waals surface area contributed by atoms with Crippen LogP contribution in [0.4, 0.5) is 13.2 Å². The Hall–Kier alpha value is -1.40. The van der Waals surface area contributed by atoms with Crippen molar-refractivity contribution in [3.8, 4) is 0 Å². The number of pyridine rings is 1. The van der Waals surface area contributed by atoms with Gasteiger partial charge in [0.25, 0.3) is 0 Å². The van der Waals surface area contributed by atoms with Crippen molar-refractivity contribution in [2.24, 2.45) is 0 Å². The molecular weight excluding hydrogens is 333 g/mol. The van der Waals surface area contributed by atoms with E-state index in [1.54, 1.807) is 6.92 Å². The average molecular weight is 345 g/mol. The second-order valence-electron chi connectivity index (χ2n) is 4.14. The molecule has 0 aliphatic carbocycles. The summed E-state index contributed by atoms with van der Waals surface area (Å²) in [6, 6.07) is 2.91. The average Bonchev–Trinajstić information content (AvgIpc) is 2.43. The summed E-state index contributed by atoms with van der Waals surface area (Å²) in [6.07, 6.45) is 2.41. The molecule has 1 unspecified atom stereocenters. The predicted octanol–water partition coefficient (Wildman–Crippen LogP) is 3.96. The monoisotopic (exact) mass is 344 g/mol. The van der Waals surface area contributed by atoms with Gasteiger partial charge < -0.3 is 5.32 Å². The lowest BCUT2D eigenvalue weighted by Gasteiger charge is -2.21. The highest BCUT2D eigenvalue weighted by Crippen LogP contribution is 2.31. The van der Waals surface area contributed by atoms with E-state index in [4.69, 9.17) is 0 Å². The lowest BCUT2D eigenvalue weighted by molar-refractivity contribution is 0.492. The fourth-order valence-electron chi connectivity index (χ4n) is 2.00. The summed E-state index contributed by atoms with van der Waals surface area (Å²) in [5, 5.41) is 2.90. The third-order valence-electron chi connectivity index (χ3n) is 2.89. The van der Waals surface area contributed by atoms with E-state index in [2.05, 4.69) is 26.2 Å². The van der Waals surface area contributed by atoms with Gasteiger partial charge in [0.1, 0.15) is 17.5 Å². The van der Waals surface area contributed by atoms with Gasteiger partial charge in [0.15, 0.2) is 0 Å². The number of benzene rings is 1. The Bertz CT molecular complexity index is 619. The molecule has 2 aromatic rings. The van der Waals surface area contributed by atoms with Crippen LogP contribution in [0.5, 0.6) is 0 Å². The van der Waals surface area contributed by atoms with Gasteiger partial charge in [-0.25, -0.2) is 13.2 Å². The van der Waals surface area contributed by atoms with Crippen LogP contribution in [-0.4, -0.2) is 11.5 Å². The van der Waals surface area contributed by atoms with E-state index in [0.29, 0.717) is 6.54 Å². The first-order chi connectivity index (χ1) is 9.56. The highest BCUT2D eigenvalue weighted by Gasteiger charge is 2.25. The molecule has 0 aliphatic heterocycles. The maximum Gasteiger partial charge on any atom is 0.146 e. The molecule has 1 atom stereocenters. The number of rotatable bonds is 4. The van der Waals surface area contributed by atoms with Crippen LogP contribution in [0.15, 0.2) is 35.1 Å². The summed E-state index contributed by atoms with van der Waals surface area (Å²) < 4.78 is 42.2. The summed E-state index contributed by atoms with van der Waals surface area (Å²) >= 11 is 3.02.